The fourth-order valence-corrected chi connectivity index (χ4v) is 4.50. The predicted octanol–water partition coefficient (Wildman–Crippen LogP) is 1.37. The standard InChI is InChI=1S/C14H18N2O4S/c1-14(2)6-5-10(20-14)8-16-13(17)11-4-3-9(15)7-12(11)21(16,18)19/h3-4,7,10H,5-6,8,15H2,1-2H3. The second-order valence-corrected chi connectivity index (χ2v) is 7.97. The first-order chi connectivity index (χ1) is 9.71. The minimum absolute atomic E-state index is 0.00948. The van der Waals surface area contributed by atoms with Crippen molar-refractivity contribution >= 4 is 21.6 Å². The molecule has 0 aliphatic carbocycles. The molecule has 2 aliphatic rings. The van der Waals surface area contributed by atoms with Gasteiger partial charge in [0, 0.05) is 5.69 Å². The van der Waals surface area contributed by atoms with E-state index in [-0.39, 0.29) is 28.7 Å². The van der Waals surface area contributed by atoms with Crippen LogP contribution in [0.25, 0.3) is 0 Å². The second kappa shape index (κ2) is 4.45. The number of nitrogens with two attached hydrogens (primary N) is 1. The van der Waals surface area contributed by atoms with Gasteiger partial charge in [0.2, 0.25) is 0 Å². The van der Waals surface area contributed by atoms with Crippen LogP contribution in [0.1, 0.15) is 37.0 Å². The summed E-state index contributed by atoms with van der Waals surface area (Å²) < 4.78 is 31.7. The Morgan fingerprint density at radius 1 is 1.43 bits per heavy atom. The number of anilines is 1. The molecule has 2 aliphatic heterocycles. The highest BCUT2D eigenvalue weighted by Crippen LogP contribution is 2.35. The normalized spacial score (nSPS) is 26.1. The highest BCUT2D eigenvalue weighted by atomic mass is 32.2. The second-order valence-electron chi connectivity index (χ2n) is 6.14. The van der Waals surface area contributed by atoms with Crippen LogP contribution < -0.4 is 5.73 Å². The van der Waals surface area contributed by atoms with Crippen molar-refractivity contribution in [2.75, 3.05) is 12.3 Å². The number of hydrogen-bond donors (Lipinski definition) is 1. The van der Waals surface area contributed by atoms with Gasteiger partial charge in [0.15, 0.2) is 0 Å². The monoisotopic (exact) mass is 310 g/mol. The topological polar surface area (TPSA) is 89.7 Å². The molecule has 1 saturated heterocycles. The molecule has 0 spiro atoms. The third kappa shape index (κ3) is 2.30. The molecule has 0 radical (unpaired) electrons. The maximum absolute atomic E-state index is 12.5. The van der Waals surface area contributed by atoms with Gasteiger partial charge in [-0.2, -0.15) is 0 Å². The smallest absolute Gasteiger partial charge is 0.269 e. The van der Waals surface area contributed by atoms with Gasteiger partial charge in [0.05, 0.1) is 23.8 Å². The van der Waals surface area contributed by atoms with Crippen LogP contribution in [-0.2, 0) is 14.8 Å². The van der Waals surface area contributed by atoms with Crippen molar-refractivity contribution in [1.29, 1.82) is 0 Å². The third-order valence-electron chi connectivity index (χ3n) is 3.95. The zero-order chi connectivity index (χ0) is 15.4. The molecule has 1 amide bonds. The van der Waals surface area contributed by atoms with Crippen LogP contribution >= 0.6 is 0 Å². The average molecular weight is 310 g/mol. The average Bonchev–Trinajstić information content (AvgIpc) is 2.81. The van der Waals surface area contributed by atoms with E-state index in [4.69, 9.17) is 10.5 Å². The van der Waals surface area contributed by atoms with Crippen molar-refractivity contribution in [3.63, 3.8) is 0 Å². The van der Waals surface area contributed by atoms with E-state index in [0.717, 1.165) is 17.1 Å². The molecule has 1 fully saturated rings. The Hall–Kier alpha value is -1.60. The summed E-state index contributed by atoms with van der Waals surface area (Å²) in [6, 6.07) is 4.33. The number of hydrogen-bond acceptors (Lipinski definition) is 5. The largest absolute Gasteiger partial charge is 0.399 e. The predicted molar refractivity (Wildman–Crippen MR) is 77.3 cm³/mol. The Kier molecular flexibility index (Phi) is 3.04. The van der Waals surface area contributed by atoms with Gasteiger partial charge in [-0.15, -0.1) is 0 Å². The molecule has 1 aromatic rings. The number of carbonyl (C=O) groups is 1. The van der Waals surface area contributed by atoms with Crippen molar-refractivity contribution in [3.8, 4) is 0 Å². The number of nitrogens with zero attached hydrogens (tertiary/aromatic N) is 1. The van der Waals surface area contributed by atoms with E-state index in [1.165, 1.54) is 18.2 Å². The highest BCUT2D eigenvalue weighted by molar-refractivity contribution is 7.90. The van der Waals surface area contributed by atoms with Crippen molar-refractivity contribution in [3.05, 3.63) is 23.8 Å². The van der Waals surface area contributed by atoms with Crippen molar-refractivity contribution in [1.82, 2.24) is 4.31 Å². The van der Waals surface area contributed by atoms with Crippen LogP contribution in [0.3, 0.4) is 0 Å². The first kappa shape index (κ1) is 14.3. The lowest BCUT2D eigenvalue weighted by Crippen LogP contribution is -2.37. The zero-order valence-corrected chi connectivity index (χ0v) is 12.8. The number of carbonyl (C=O) groups excluding carboxylic acids is 1. The Morgan fingerprint density at radius 3 is 2.76 bits per heavy atom. The summed E-state index contributed by atoms with van der Waals surface area (Å²) in [5, 5.41) is 0. The molecule has 2 N–H and O–H groups in total. The van der Waals surface area contributed by atoms with Gasteiger partial charge in [-0.05, 0) is 44.9 Å². The molecule has 1 unspecified atom stereocenters. The van der Waals surface area contributed by atoms with Gasteiger partial charge in [-0.25, -0.2) is 12.7 Å². The summed E-state index contributed by atoms with van der Waals surface area (Å²) in [6.07, 6.45) is 1.33. The van der Waals surface area contributed by atoms with Crippen LogP contribution in [0.2, 0.25) is 0 Å². The quantitative estimate of drug-likeness (QED) is 0.833. The molecular weight excluding hydrogens is 292 g/mol. The minimum atomic E-state index is -3.82. The lowest BCUT2D eigenvalue weighted by Gasteiger charge is -2.22. The zero-order valence-electron chi connectivity index (χ0n) is 12.0. The number of benzene rings is 1. The van der Waals surface area contributed by atoms with Crippen molar-refractivity contribution in [2.45, 2.75) is 43.3 Å². The lowest BCUT2D eigenvalue weighted by atomic mass is 10.1. The molecule has 3 rings (SSSR count). The fraction of sp³-hybridized carbons (Fsp3) is 0.500. The number of nitrogen functional groups attached to an aromatic ring is 1. The number of amides is 1. The lowest BCUT2D eigenvalue weighted by molar-refractivity contribution is -0.0198. The van der Waals surface area contributed by atoms with Gasteiger partial charge >= 0.3 is 0 Å². The first-order valence-corrected chi connectivity index (χ1v) is 8.29. The van der Waals surface area contributed by atoms with E-state index >= 15 is 0 Å². The van der Waals surface area contributed by atoms with E-state index in [1.54, 1.807) is 0 Å². The fourth-order valence-electron chi connectivity index (χ4n) is 2.86. The van der Waals surface area contributed by atoms with Crippen LogP contribution in [-0.4, -0.2) is 36.9 Å². The Bertz CT molecular complexity index is 712. The minimum Gasteiger partial charge on any atom is -0.399 e. The van der Waals surface area contributed by atoms with E-state index < -0.39 is 15.9 Å². The number of fused-ring (bicyclic) bond motifs is 1. The van der Waals surface area contributed by atoms with Crippen LogP contribution in [0, 0.1) is 0 Å². The van der Waals surface area contributed by atoms with Gasteiger partial charge in [-0.1, -0.05) is 0 Å². The number of sulfonamides is 1. The Balaban J connectivity index is 1.90. The number of ether oxygens (including phenoxy) is 1. The van der Waals surface area contributed by atoms with Gasteiger partial charge in [-0.3, -0.25) is 4.79 Å². The van der Waals surface area contributed by atoms with Gasteiger partial charge in [0.1, 0.15) is 4.90 Å². The third-order valence-corrected chi connectivity index (χ3v) is 5.74. The number of rotatable bonds is 2. The van der Waals surface area contributed by atoms with Crippen molar-refractivity contribution < 1.29 is 17.9 Å². The van der Waals surface area contributed by atoms with Crippen LogP contribution in [0.15, 0.2) is 23.1 Å². The van der Waals surface area contributed by atoms with Gasteiger partial charge < -0.3 is 10.5 Å². The molecular formula is C14H18N2O4S. The molecule has 1 aromatic carbocycles. The molecule has 1 atom stereocenters. The SMILES string of the molecule is CC1(C)CCC(CN2C(=O)c3ccc(N)cc3S2(=O)=O)O1. The summed E-state index contributed by atoms with van der Waals surface area (Å²) in [4.78, 5) is 12.3. The molecule has 0 aromatic heterocycles. The summed E-state index contributed by atoms with van der Waals surface area (Å²) in [7, 11) is -3.82. The maximum atomic E-state index is 12.5. The maximum Gasteiger partial charge on any atom is 0.269 e. The van der Waals surface area contributed by atoms with Gasteiger partial charge in [0.25, 0.3) is 15.9 Å². The van der Waals surface area contributed by atoms with Crippen LogP contribution in [0.5, 0.6) is 0 Å². The van der Waals surface area contributed by atoms with Crippen molar-refractivity contribution in [2.24, 2.45) is 0 Å². The Labute approximate surface area is 123 Å². The summed E-state index contributed by atoms with van der Waals surface area (Å²) in [5.41, 5.74) is 5.86. The summed E-state index contributed by atoms with van der Waals surface area (Å²) in [6.45, 7) is 3.98. The summed E-state index contributed by atoms with van der Waals surface area (Å²) in [5.74, 6) is -0.502. The molecule has 21 heavy (non-hydrogen) atoms. The van der Waals surface area contributed by atoms with Crippen LogP contribution in [0.4, 0.5) is 5.69 Å². The summed E-state index contributed by atoms with van der Waals surface area (Å²) >= 11 is 0. The Morgan fingerprint density at radius 2 is 2.14 bits per heavy atom. The molecule has 0 saturated carbocycles. The molecule has 2 heterocycles. The van der Waals surface area contributed by atoms with E-state index in [9.17, 15) is 13.2 Å². The molecule has 114 valence electrons. The molecule has 0 bridgehead atoms. The highest BCUT2D eigenvalue weighted by Gasteiger charge is 2.44. The molecule has 7 heteroatoms. The van der Waals surface area contributed by atoms with E-state index in [0.29, 0.717) is 5.69 Å². The van der Waals surface area contributed by atoms with E-state index in [2.05, 4.69) is 0 Å². The van der Waals surface area contributed by atoms with E-state index in [1.807, 2.05) is 13.8 Å². The first-order valence-electron chi connectivity index (χ1n) is 6.85. The molecule has 6 nitrogen and oxygen atoms in total.